The van der Waals surface area contributed by atoms with E-state index in [2.05, 4.69) is 5.32 Å². The smallest absolute Gasteiger partial charge is 0.232 e. The molecule has 1 aliphatic rings. The Morgan fingerprint density at radius 1 is 1.31 bits per heavy atom. The molecule has 0 aliphatic carbocycles. The summed E-state index contributed by atoms with van der Waals surface area (Å²) in [6, 6.07) is 4.98. The molecule has 1 aromatic carbocycles. The minimum atomic E-state index is -0.300. The molecule has 0 bridgehead atoms. The van der Waals surface area contributed by atoms with Gasteiger partial charge in [-0.05, 0) is 12.1 Å². The summed E-state index contributed by atoms with van der Waals surface area (Å²) in [5.41, 5.74) is 0.928. The average molecular weight is 196 g/mol. The van der Waals surface area contributed by atoms with Gasteiger partial charge < -0.3 is 5.32 Å². The predicted octanol–water partition coefficient (Wildman–Crippen LogP) is 1.86. The van der Waals surface area contributed by atoms with Crippen LogP contribution in [0, 0.1) is 0 Å². The Balaban J connectivity index is 2.61. The molecule has 0 spiro atoms. The van der Waals surface area contributed by atoms with Gasteiger partial charge in [0.1, 0.15) is 0 Å². The van der Waals surface area contributed by atoms with Gasteiger partial charge in [0, 0.05) is 5.56 Å². The SMILES string of the molecule is O=C1CC(=O)c2cccc(Cl)c2N1. The molecular weight excluding hydrogens is 190 g/mol. The van der Waals surface area contributed by atoms with Crippen LogP contribution in [-0.2, 0) is 4.79 Å². The van der Waals surface area contributed by atoms with Gasteiger partial charge >= 0.3 is 0 Å². The molecule has 4 heteroatoms. The fourth-order valence-electron chi connectivity index (χ4n) is 1.31. The minimum Gasteiger partial charge on any atom is -0.324 e. The number of hydrogen-bond acceptors (Lipinski definition) is 2. The lowest BCUT2D eigenvalue weighted by Crippen LogP contribution is -2.24. The van der Waals surface area contributed by atoms with E-state index >= 15 is 0 Å². The number of amides is 1. The first-order chi connectivity index (χ1) is 6.18. The zero-order valence-electron chi connectivity index (χ0n) is 6.63. The molecule has 3 nitrogen and oxygen atoms in total. The maximum absolute atomic E-state index is 11.3. The molecule has 0 saturated carbocycles. The maximum atomic E-state index is 11.3. The third kappa shape index (κ3) is 1.31. The van der Waals surface area contributed by atoms with Crippen molar-refractivity contribution in [3.8, 4) is 0 Å². The first-order valence-electron chi connectivity index (χ1n) is 3.80. The number of fused-ring (bicyclic) bond motifs is 1. The second kappa shape index (κ2) is 2.85. The third-order valence-corrected chi connectivity index (χ3v) is 2.21. The van der Waals surface area contributed by atoms with Crippen LogP contribution in [0.3, 0.4) is 0 Å². The zero-order chi connectivity index (χ0) is 9.42. The van der Waals surface area contributed by atoms with Crippen molar-refractivity contribution < 1.29 is 9.59 Å². The molecule has 0 unspecified atom stereocenters. The maximum Gasteiger partial charge on any atom is 0.232 e. The van der Waals surface area contributed by atoms with Crippen LogP contribution in [0.4, 0.5) is 5.69 Å². The highest BCUT2D eigenvalue weighted by atomic mass is 35.5. The molecule has 0 fully saturated rings. The number of carbonyl (C=O) groups is 2. The summed E-state index contributed by atoms with van der Waals surface area (Å²) >= 11 is 5.81. The number of nitrogens with one attached hydrogen (secondary N) is 1. The Bertz CT molecular complexity index is 401. The fourth-order valence-corrected chi connectivity index (χ4v) is 1.53. The lowest BCUT2D eigenvalue weighted by Gasteiger charge is -2.16. The van der Waals surface area contributed by atoms with Crippen LogP contribution < -0.4 is 5.32 Å². The molecule has 0 saturated heterocycles. The van der Waals surface area contributed by atoms with Gasteiger partial charge in [0.2, 0.25) is 5.91 Å². The van der Waals surface area contributed by atoms with Crippen LogP contribution in [-0.4, -0.2) is 11.7 Å². The molecule has 0 radical (unpaired) electrons. The molecular formula is C9H6ClNO2. The summed E-state index contributed by atoms with van der Waals surface area (Å²) in [5, 5.41) is 2.97. The van der Waals surface area contributed by atoms with Crippen molar-refractivity contribution >= 4 is 29.0 Å². The second-order valence-electron chi connectivity index (χ2n) is 2.81. The minimum absolute atomic E-state index is 0.0899. The molecule has 1 aliphatic heterocycles. The number of hydrogen-bond donors (Lipinski definition) is 1. The van der Waals surface area contributed by atoms with Crippen molar-refractivity contribution in [2.45, 2.75) is 6.42 Å². The van der Waals surface area contributed by atoms with E-state index in [-0.39, 0.29) is 18.1 Å². The number of carbonyl (C=O) groups excluding carboxylic acids is 2. The van der Waals surface area contributed by atoms with Crippen LogP contribution >= 0.6 is 11.6 Å². The van der Waals surface area contributed by atoms with E-state index in [1.165, 1.54) is 0 Å². The Labute approximate surface area is 79.7 Å². The first kappa shape index (κ1) is 8.26. The molecule has 0 atom stereocenters. The molecule has 13 heavy (non-hydrogen) atoms. The predicted molar refractivity (Wildman–Crippen MR) is 49.0 cm³/mol. The lowest BCUT2D eigenvalue weighted by molar-refractivity contribution is -0.115. The Morgan fingerprint density at radius 2 is 2.08 bits per heavy atom. The fraction of sp³-hybridized carbons (Fsp3) is 0.111. The number of para-hydroxylation sites is 1. The van der Waals surface area contributed by atoms with Gasteiger partial charge in [-0.3, -0.25) is 9.59 Å². The van der Waals surface area contributed by atoms with Crippen LogP contribution in [0.15, 0.2) is 18.2 Å². The summed E-state index contributed by atoms with van der Waals surface area (Å²) < 4.78 is 0. The highest BCUT2D eigenvalue weighted by Crippen LogP contribution is 2.29. The lowest BCUT2D eigenvalue weighted by atomic mass is 10.0. The van der Waals surface area contributed by atoms with E-state index in [1.807, 2.05) is 0 Å². The van der Waals surface area contributed by atoms with Crippen molar-refractivity contribution in [2.75, 3.05) is 5.32 Å². The average Bonchev–Trinajstić information content (AvgIpc) is 2.07. The number of Topliss-reactive ketones (excluding diaryl/α,β-unsaturated/α-hetero) is 1. The number of rotatable bonds is 0. The number of halogens is 1. The molecule has 1 amide bonds. The molecule has 0 aromatic heterocycles. The van der Waals surface area contributed by atoms with E-state index in [0.29, 0.717) is 16.3 Å². The van der Waals surface area contributed by atoms with E-state index < -0.39 is 0 Å². The summed E-state index contributed by atoms with van der Waals surface area (Å²) in [5.74, 6) is -0.480. The van der Waals surface area contributed by atoms with Crippen molar-refractivity contribution in [2.24, 2.45) is 0 Å². The second-order valence-corrected chi connectivity index (χ2v) is 3.22. The van der Waals surface area contributed by atoms with Crippen LogP contribution in [0.1, 0.15) is 16.8 Å². The van der Waals surface area contributed by atoms with Crippen LogP contribution in [0.5, 0.6) is 0 Å². The summed E-state index contributed by atoms with van der Waals surface area (Å²) in [7, 11) is 0. The molecule has 1 aromatic rings. The van der Waals surface area contributed by atoms with Gasteiger partial charge in [0.05, 0.1) is 17.1 Å². The van der Waals surface area contributed by atoms with Gasteiger partial charge in [0.25, 0.3) is 0 Å². The van der Waals surface area contributed by atoms with Crippen LogP contribution in [0.25, 0.3) is 0 Å². The topological polar surface area (TPSA) is 46.2 Å². The molecule has 1 heterocycles. The number of benzene rings is 1. The molecule has 2 rings (SSSR count). The molecule has 66 valence electrons. The summed E-state index contributed by atoms with van der Waals surface area (Å²) in [4.78, 5) is 22.3. The summed E-state index contributed by atoms with van der Waals surface area (Å²) in [6.45, 7) is 0. The number of ketones is 1. The Kier molecular flexibility index (Phi) is 1.81. The van der Waals surface area contributed by atoms with E-state index in [9.17, 15) is 9.59 Å². The normalized spacial score (nSPS) is 15.2. The Morgan fingerprint density at radius 3 is 2.85 bits per heavy atom. The molecule has 1 N–H and O–H groups in total. The summed E-state index contributed by atoms with van der Waals surface area (Å²) in [6.07, 6.45) is -0.0899. The highest BCUT2D eigenvalue weighted by Gasteiger charge is 2.23. The van der Waals surface area contributed by atoms with Gasteiger partial charge in [-0.15, -0.1) is 0 Å². The monoisotopic (exact) mass is 195 g/mol. The van der Waals surface area contributed by atoms with E-state index in [1.54, 1.807) is 18.2 Å². The first-order valence-corrected chi connectivity index (χ1v) is 4.18. The van der Waals surface area contributed by atoms with Crippen molar-refractivity contribution in [3.63, 3.8) is 0 Å². The number of anilines is 1. The largest absolute Gasteiger partial charge is 0.324 e. The standard InChI is InChI=1S/C9H6ClNO2/c10-6-3-1-2-5-7(12)4-8(13)11-9(5)6/h1-3H,4H2,(H,11,13). The zero-order valence-corrected chi connectivity index (χ0v) is 7.39. The van der Waals surface area contributed by atoms with E-state index in [0.717, 1.165) is 0 Å². The third-order valence-electron chi connectivity index (χ3n) is 1.90. The van der Waals surface area contributed by atoms with Crippen molar-refractivity contribution in [1.29, 1.82) is 0 Å². The van der Waals surface area contributed by atoms with Gasteiger partial charge in [-0.2, -0.15) is 0 Å². The quantitative estimate of drug-likeness (QED) is 0.643. The Hall–Kier alpha value is -1.35. The van der Waals surface area contributed by atoms with E-state index in [4.69, 9.17) is 11.6 Å². The van der Waals surface area contributed by atoms with Crippen molar-refractivity contribution in [1.82, 2.24) is 0 Å². The highest BCUT2D eigenvalue weighted by molar-refractivity contribution is 6.36. The van der Waals surface area contributed by atoms with Crippen molar-refractivity contribution in [3.05, 3.63) is 28.8 Å². The van der Waals surface area contributed by atoms with Gasteiger partial charge in [-0.1, -0.05) is 17.7 Å². The van der Waals surface area contributed by atoms with Gasteiger partial charge in [0.15, 0.2) is 5.78 Å². The van der Waals surface area contributed by atoms with Gasteiger partial charge in [-0.25, -0.2) is 0 Å². The van der Waals surface area contributed by atoms with Crippen LogP contribution in [0.2, 0.25) is 5.02 Å².